The van der Waals surface area contributed by atoms with Crippen LogP contribution in [0.15, 0.2) is 47.6 Å². The largest absolute Gasteiger partial charge is 0.260 e. The molecule has 0 saturated heterocycles. The molecule has 27 heavy (non-hydrogen) atoms. The number of nitrogens with zero attached hydrogens (tertiary/aromatic N) is 5. The minimum atomic E-state index is 0.547. The van der Waals surface area contributed by atoms with Gasteiger partial charge in [-0.15, -0.1) is 10.2 Å². The van der Waals surface area contributed by atoms with Crippen molar-refractivity contribution in [2.45, 2.75) is 46.1 Å². The Kier molecular flexibility index (Phi) is 4.96. The van der Waals surface area contributed by atoms with Gasteiger partial charge in [-0.3, -0.25) is 4.68 Å². The number of tetrazole rings is 1. The topological polar surface area (TPSA) is 72.3 Å². The highest BCUT2D eigenvalue weighted by atomic mass is 15.5. The molecule has 2 heterocycles. The Morgan fingerprint density at radius 1 is 1.26 bits per heavy atom. The van der Waals surface area contributed by atoms with Crippen molar-refractivity contribution >= 4 is 6.08 Å². The Labute approximate surface area is 159 Å². The minimum absolute atomic E-state index is 0.547. The van der Waals surface area contributed by atoms with Crippen molar-refractivity contribution in [1.29, 1.82) is 0 Å². The molecule has 1 aliphatic rings. The van der Waals surface area contributed by atoms with Gasteiger partial charge in [-0.05, 0) is 60.6 Å². The molecule has 0 aliphatic heterocycles. The monoisotopic (exact) mass is 360 g/mol. The van der Waals surface area contributed by atoms with Crippen LogP contribution in [-0.2, 0) is 13.0 Å². The first-order valence-corrected chi connectivity index (χ1v) is 9.51. The maximum atomic E-state index is 4.87. The molecule has 0 unspecified atom stereocenters. The molecule has 2 aromatic heterocycles. The second-order valence-corrected chi connectivity index (χ2v) is 6.89. The van der Waals surface area contributed by atoms with Crippen LogP contribution in [0, 0.1) is 0 Å². The van der Waals surface area contributed by atoms with Gasteiger partial charge in [0.15, 0.2) is 0 Å². The average molecular weight is 360 g/mol. The Balaban J connectivity index is 1.81. The van der Waals surface area contributed by atoms with Gasteiger partial charge in [-0.25, -0.2) is 0 Å². The van der Waals surface area contributed by atoms with Crippen molar-refractivity contribution in [2.75, 3.05) is 0 Å². The van der Waals surface area contributed by atoms with E-state index in [-0.39, 0.29) is 0 Å². The van der Waals surface area contributed by atoms with Crippen LogP contribution < -0.4 is 0 Å². The molecule has 0 saturated carbocycles. The fourth-order valence-corrected chi connectivity index (χ4v) is 3.67. The maximum Gasteiger partial charge on any atom is 0.225 e. The van der Waals surface area contributed by atoms with E-state index in [1.54, 1.807) is 0 Å². The summed E-state index contributed by atoms with van der Waals surface area (Å²) in [6, 6.07) is 10.4. The van der Waals surface area contributed by atoms with Gasteiger partial charge in [0.25, 0.3) is 0 Å². The molecule has 6 nitrogen and oxygen atoms in total. The number of hydrogen-bond donors (Lipinski definition) is 1. The number of aromatic nitrogens is 6. The first-order chi connectivity index (χ1) is 13.3. The van der Waals surface area contributed by atoms with Crippen LogP contribution >= 0.6 is 0 Å². The van der Waals surface area contributed by atoms with Gasteiger partial charge in [0, 0.05) is 5.56 Å². The lowest BCUT2D eigenvalue weighted by atomic mass is 10.0. The molecule has 4 rings (SSSR count). The summed E-state index contributed by atoms with van der Waals surface area (Å²) in [4.78, 5) is 0. The van der Waals surface area contributed by atoms with Gasteiger partial charge < -0.3 is 0 Å². The number of H-pyrrole nitrogens is 1. The highest BCUT2D eigenvalue weighted by Gasteiger charge is 2.20. The van der Waals surface area contributed by atoms with E-state index in [1.165, 1.54) is 29.6 Å². The lowest BCUT2D eigenvalue weighted by molar-refractivity contribution is 0.680. The SMILES string of the molecule is CCc1c(-c2nn[nH]n2)nn(Cc2ccccc2)c1/C=C(\C)C1=CCCC1. The number of aromatic amines is 1. The van der Waals surface area contributed by atoms with E-state index in [0.717, 1.165) is 29.8 Å². The van der Waals surface area contributed by atoms with Crippen LogP contribution in [0.5, 0.6) is 0 Å². The highest BCUT2D eigenvalue weighted by Crippen LogP contribution is 2.30. The predicted octanol–water partition coefficient (Wildman–Crippen LogP) is 4.19. The van der Waals surface area contributed by atoms with E-state index in [1.807, 2.05) is 6.07 Å². The summed E-state index contributed by atoms with van der Waals surface area (Å²) in [5, 5.41) is 19.4. The van der Waals surface area contributed by atoms with E-state index in [9.17, 15) is 0 Å². The second kappa shape index (κ2) is 7.70. The predicted molar refractivity (Wildman–Crippen MR) is 106 cm³/mol. The van der Waals surface area contributed by atoms with Gasteiger partial charge >= 0.3 is 0 Å². The van der Waals surface area contributed by atoms with E-state index in [4.69, 9.17) is 5.10 Å². The van der Waals surface area contributed by atoms with Gasteiger partial charge in [0.1, 0.15) is 5.69 Å². The summed E-state index contributed by atoms with van der Waals surface area (Å²) in [6.07, 6.45) is 9.08. The first-order valence-electron chi connectivity index (χ1n) is 9.51. The van der Waals surface area contributed by atoms with Gasteiger partial charge in [0.05, 0.1) is 12.2 Å². The Hall–Kier alpha value is -3.02. The molecule has 138 valence electrons. The highest BCUT2D eigenvalue weighted by molar-refractivity contribution is 5.66. The maximum absolute atomic E-state index is 4.87. The summed E-state index contributed by atoms with van der Waals surface area (Å²) >= 11 is 0. The zero-order valence-corrected chi connectivity index (χ0v) is 15.8. The zero-order valence-electron chi connectivity index (χ0n) is 15.8. The quantitative estimate of drug-likeness (QED) is 0.715. The lowest BCUT2D eigenvalue weighted by Gasteiger charge is -2.08. The number of allylic oxidation sites excluding steroid dienone is 3. The van der Waals surface area contributed by atoms with E-state index in [0.29, 0.717) is 12.4 Å². The fourth-order valence-electron chi connectivity index (χ4n) is 3.67. The summed E-state index contributed by atoms with van der Waals surface area (Å²) in [5.74, 6) is 0.547. The molecule has 0 radical (unpaired) electrons. The second-order valence-electron chi connectivity index (χ2n) is 6.89. The van der Waals surface area contributed by atoms with Crippen molar-refractivity contribution < 1.29 is 0 Å². The Morgan fingerprint density at radius 2 is 2.11 bits per heavy atom. The third-order valence-electron chi connectivity index (χ3n) is 5.08. The van der Waals surface area contributed by atoms with Crippen LogP contribution in [0.4, 0.5) is 0 Å². The number of rotatable bonds is 6. The molecule has 1 aliphatic carbocycles. The Morgan fingerprint density at radius 3 is 2.78 bits per heavy atom. The van der Waals surface area contributed by atoms with Crippen molar-refractivity contribution in [3.05, 3.63) is 64.4 Å². The number of benzene rings is 1. The molecule has 0 fully saturated rings. The number of nitrogens with one attached hydrogen (secondary N) is 1. The standard InChI is InChI=1S/C21H24N6/c1-3-18-19(13-15(2)17-11-7-8-12-17)27(14-16-9-5-4-6-10-16)24-20(18)21-22-25-26-23-21/h4-6,9-11,13H,3,7-8,12,14H2,1-2H3,(H,22,23,25,26)/b15-13+. The normalized spacial score (nSPS) is 14.6. The van der Waals surface area contributed by atoms with Crippen LogP contribution in [0.25, 0.3) is 17.6 Å². The molecule has 1 aromatic carbocycles. The third-order valence-corrected chi connectivity index (χ3v) is 5.08. The van der Waals surface area contributed by atoms with Gasteiger partial charge in [-0.1, -0.05) is 43.3 Å². The molecule has 1 N–H and O–H groups in total. The van der Waals surface area contributed by atoms with Crippen LogP contribution in [0.2, 0.25) is 0 Å². The summed E-state index contributed by atoms with van der Waals surface area (Å²) in [6.45, 7) is 5.06. The molecule has 0 bridgehead atoms. The van der Waals surface area contributed by atoms with E-state index < -0.39 is 0 Å². The number of hydrogen-bond acceptors (Lipinski definition) is 4. The summed E-state index contributed by atoms with van der Waals surface area (Å²) < 4.78 is 2.07. The van der Waals surface area contributed by atoms with Crippen molar-refractivity contribution in [1.82, 2.24) is 30.4 Å². The fraction of sp³-hybridized carbons (Fsp3) is 0.333. The molecule has 0 atom stereocenters. The van der Waals surface area contributed by atoms with E-state index in [2.05, 4.69) is 75.6 Å². The molecule has 6 heteroatoms. The Bertz CT molecular complexity index is 964. The van der Waals surface area contributed by atoms with Crippen LogP contribution in [0.3, 0.4) is 0 Å². The van der Waals surface area contributed by atoms with Crippen molar-refractivity contribution in [2.24, 2.45) is 0 Å². The van der Waals surface area contributed by atoms with Crippen molar-refractivity contribution in [3.8, 4) is 11.5 Å². The molecule has 0 spiro atoms. The third kappa shape index (κ3) is 3.60. The summed E-state index contributed by atoms with van der Waals surface area (Å²) in [5.41, 5.74) is 7.08. The first kappa shape index (κ1) is 17.4. The van der Waals surface area contributed by atoms with Crippen LogP contribution in [-0.4, -0.2) is 30.4 Å². The lowest BCUT2D eigenvalue weighted by Crippen LogP contribution is -2.05. The zero-order chi connectivity index (χ0) is 18.6. The minimum Gasteiger partial charge on any atom is -0.260 e. The molecular formula is C21H24N6. The van der Waals surface area contributed by atoms with Gasteiger partial charge in [-0.2, -0.15) is 10.3 Å². The summed E-state index contributed by atoms with van der Waals surface area (Å²) in [7, 11) is 0. The van der Waals surface area contributed by atoms with Gasteiger partial charge in [0.2, 0.25) is 5.82 Å². The molecular weight excluding hydrogens is 336 g/mol. The average Bonchev–Trinajstić information content (AvgIpc) is 3.44. The van der Waals surface area contributed by atoms with Crippen LogP contribution in [0.1, 0.15) is 49.9 Å². The van der Waals surface area contributed by atoms with Crippen molar-refractivity contribution in [3.63, 3.8) is 0 Å². The van der Waals surface area contributed by atoms with E-state index >= 15 is 0 Å². The molecule has 3 aromatic rings. The smallest absolute Gasteiger partial charge is 0.225 e. The molecule has 0 amide bonds.